The molecule has 144 valence electrons. The quantitative estimate of drug-likeness (QED) is 0.347. The molecule has 0 amide bonds. The highest BCUT2D eigenvalue weighted by Gasteiger charge is 2.16. The molecule has 25 heavy (non-hydrogen) atoms. The molecule has 0 radical (unpaired) electrons. The minimum absolute atomic E-state index is 0.196. The minimum Gasteiger partial charge on any atom is -0.379 e. The summed E-state index contributed by atoms with van der Waals surface area (Å²) in [5.41, 5.74) is 1.16. The maximum atomic E-state index is 11.2. The molecule has 0 fully saturated rings. The van der Waals surface area contributed by atoms with Crippen LogP contribution in [-0.4, -0.2) is 53.8 Å². The summed E-state index contributed by atoms with van der Waals surface area (Å²) in [5, 5.41) is 0. The predicted molar refractivity (Wildman–Crippen MR) is 97.0 cm³/mol. The van der Waals surface area contributed by atoms with Crippen LogP contribution in [0.5, 0.6) is 0 Å². The van der Waals surface area contributed by atoms with Crippen LogP contribution in [0.4, 0.5) is 0 Å². The van der Waals surface area contributed by atoms with E-state index in [1.54, 1.807) is 0 Å². The summed E-state index contributed by atoms with van der Waals surface area (Å²) >= 11 is 0. The molecule has 0 saturated carbocycles. The van der Waals surface area contributed by atoms with Gasteiger partial charge in [0.05, 0.1) is 26.1 Å². The fourth-order valence-corrected chi connectivity index (χ4v) is 2.70. The van der Waals surface area contributed by atoms with E-state index in [2.05, 4.69) is 0 Å². The summed E-state index contributed by atoms with van der Waals surface area (Å²) in [7, 11) is -3.52. The molecule has 0 heterocycles. The minimum atomic E-state index is -3.52. The molecule has 0 spiro atoms. The van der Waals surface area contributed by atoms with Gasteiger partial charge in [0, 0.05) is 19.8 Å². The van der Waals surface area contributed by atoms with Crippen molar-refractivity contribution in [2.75, 3.05) is 39.3 Å². The third kappa shape index (κ3) is 12.9. The molecule has 1 rings (SSSR count). The number of unbranched alkanes of at least 4 members (excludes halogenated alkanes) is 1. The van der Waals surface area contributed by atoms with Crippen molar-refractivity contribution in [3.63, 3.8) is 0 Å². The Morgan fingerprint density at radius 1 is 0.920 bits per heavy atom. The van der Waals surface area contributed by atoms with Gasteiger partial charge in [-0.2, -0.15) is 8.42 Å². The van der Waals surface area contributed by atoms with Gasteiger partial charge < -0.3 is 14.2 Å². The molecule has 1 unspecified atom stereocenters. The van der Waals surface area contributed by atoms with Gasteiger partial charge in [-0.25, -0.2) is 0 Å². The van der Waals surface area contributed by atoms with Crippen LogP contribution in [-0.2, 0) is 35.1 Å². The highest BCUT2D eigenvalue weighted by atomic mass is 32.2. The van der Waals surface area contributed by atoms with Crippen LogP contribution in [0.2, 0.25) is 0 Å². The van der Waals surface area contributed by atoms with E-state index in [9.17, 15) is 8.42 Å². The Bertz CT molecular complexity index is 532. The van der Waals surface area contributed by atoms with E-state index < -0.39 is 16.2 Å². The Morgan fingerprint density at radius 3 is 2.12 bits per heavy atom. The largest absolute Gasteiger partial charge is 0.379 e. The van der Waals surface area contributed by atoms with Crippen molar-refractivity contribution in [2.24, 2.45) is 0 Å². The van der Waals surface area contributed by atoms with Gasteiger partial charge in [0.1, 0.15) is 6.10 Å². The van der Waals surface area contributed by atoms with Crippen molar-refractivity contribution in [1.29, 1.82) is 0 Å². The molecule has 6 nitrogen and oxygen atoms in total. The normalized spacial score (nSPS) is 13.0. The lowest BCUT2D eigenvalue weighted by Crippen LogP contribution is -2.28. The Balaban J connectivity index is 2.08. The zero-order valence-corrected chi connectivity index (χ0v) is 16.0. The van der Waals surface area contributed by atoms with Crippen LogP contribution in [0.15, 0.2) is 30.3 Å². The van der Waals surface area contributed by atoms with Gasteiger partial charge >= 0.3 is 0 Å². The third-order valence-electron chi connectivity index (χ3n) is 3.21. The topological polar surface area (TPSA) is 71.1 Å². The molecule has 0 aliphatic heterocycles. The van der Waals surface area contributed by atoms with Crippen LogP contribution < -0.4 is 0 Å². The highest BCUT2D eigenvalue weighted by Crippen LogP contribution is 2.04. The maximum Gasteiger partial charge on any atom is 0.264 e. The van der Waals surface area contributed by atoms with E-state index >= 15 is 0 Å². The standard InChI is InChI=1S/C18H30O6S/c1-3-11-21-15-18(24-25(2,19)20)16-23-13-8-7-12-22-14-17-9-5-4-6-10-17/h4-6,9-10,18H,3,7-8,11-16H2,1-2H3. The first-order valence-corrected chi connectivity index (χ1v) is 10.5. The Kier molecular flexibility index (Phi) is 11.7. The van der Waals surface area contributed by atoms with Crippen LogP contribution in [0.25, 0.3) is 0 Å². The second-order valence-electron chi connectivity index (χ2n) is 5.82. The number of benzene rings is 1. The Morgan fingerprint density at radius 2 is 1.52 bits per heavy atom. The zero-order chi connectivity index (χ0) is 18.4. The lowest BCUT2D eigenvalue weighted by atomic mass is 10.2. The first-order valence-electron chi connectivity index (χ1n) is 8.66. The smallest absolute Gasteiger partial charge is 0.264 e. The molecular formula is C18H30O6S. The molecule has 1 atom stereocenters. The summed E-state index contributed by atoms with van der Waals surface area (Å²) in [6.45, 7) is 4.78. The summed E-state index contributed by atoms with van der Waals surface area (Å²) in [6.07, 6.45) is 3.03. The van der Waals surface area contributed by atoms with Crippen LogP contribution >= 0.6 is 0 Å². The van der Waals surface area contributed by atoms with Crippen molar-refractivity contribution in [2.45, 2.75) is 38.9 Å². The zero-order valence-electron chi connectivity index (χ0n) is 15.2. The second kappa shape index (κ2) is 13.2. The molecule has 0 saturated heterocycles. The van der Waals surface area contributed by atoms with Gasteiger partial charge in [-0.1, -0.05) is 37.3 Å². The highest BCUT2D eigenvalue weighted by molar-refractivity contribution is 7.86. The van der Waals surface area contributed by atoms with E-state index in [0.29, 0.717) is 26.4 Å². The van der Waals surface area contributed by atoms with Crippen LogP contribution in [0.3, 0.4) is 0 Å². The van der Waals surface area contributed by atoms with Gasteiger partial charge in [-0.3, -0.25) is 4.18 Å². The number of rotatable bonds is 15. The van der Waals surface area contributed by atoms with Gasteiger partial charge in [0.15, 0.2) is 0 Å². The lowest BCUT2D eigenvalue weighted by molar-refractivity contribution is -0.00494. The van der Waals surface area contributed by atoms with Crippen LogP contribution in [0, 0.1) is 0 Å². The van der Waals surface area contributed by atoms with Gasteiger partial charge in [-0.05, 0) is 24.8 Å². The number of ether oxygens (including phenoxy) is 3. The lowest BCUT2D eigenvalue weighted by Gasteiger charge is -2.16. The van der Waals surface area contributed by atoms with E-state index in [1.165, 1.54) is 0 Å². The van der Waals surface area contributed by atoms with E-state index in [-0.39, 0.29) is 13.2 Å². The molecule has 0 bridgehead atoms. The van der Waals surface area contributed by atoms with Gasteiger partial charge in [0.2, 0.25) is 0 Å². The van der Waals surface area contributed by atoms with Crippen LogP contribution in [0.1, 0.15) is 31.7 Å². The SMILES string of the molecule is CCCOCC(COCCCCOCc1ccccc1)OS(C)(=O)=O. The molecule has 0 N–H and O–H groups in total. The van der Waals surface area contributed by atoms with Crippen molar-refractivity contribution in [1.82, 2.24) is 0 Å². The monoisotopic (exact) mass is 374 g/mol. The molecular weight excluding hydrogens is 344 g/mol. The number of hydrogen-bond donors (Lipinski definition) is 0. The summed E-state index contributed by atoms with van der Waals surface area (Å²) in [5.74, 6) is 0. The fourth-order valence-electron chi connectivity index (χ4n) is 2.10. The Hall–Kier alpha value is -0.990. The average molecular weight is 374 g/mol. The fraction of sp³-hybridized carbons (Fsp3) is 0.667. The van der Waals surface area contributed by atoms with E-state index in [1.807, 2.05) is 37.3 Å². The molecule has 0 aliphatic carbocycles. The van der Waals surface area contributed by atoms with Gasteiger partial charge in [0.25, 0.3) is 10.1 Å². The third-order valence-corrected chi connectivity index (χ3v) is 3.83. The first kappa shape index (κ1) is 22.1. The second-order valence-corrected chi connectivity index (χ2v) is 7.42. The summed E-state index contributed by atoms with van der Waals surface area (Å²) < 4.78 is 43.9. The molecule has 0 aliphatic rings. The van der Waals surface area contributed by atoms with E-state index in [4.69, 9.17) is 18.4 Å². The van der Waals surface area contributed by atoms with E-state index in [0.717, 1.165) is 31.1 Å². The first-order chi connectivity index (χ1) is 12.0. The summed E-state index contributed by atoms with van der Waals surface area (Å²) in [6, 6.07) is 10.0. The van der Waals surface area contributed by atoms with Crippen molar-refractivity contribution >= 4 is 10.1 Å². The molecule has 1 aromatic carbocycles. The predicted octanol–water partition coefficient (Wildman–Crippen LogP) is 2.77. The molecule has 1 aromatic rings. The van der Waals surface area contributed by atoms with Crippen molar-refractivity contribution in [3.8, 4) is 0 Å². The summed E-state index contributed by atoms with van der Waals surface area (Å²) in [4.78, 5) is 0. The maximum absolute atomic E-state index is 11.2. The van der Waals surface area contributed by atoms with Crippen molar-refractivity contribution < 1.29 is 26.8 Å². The van der Waals surface area contributed by atoms with Gasteiger partial charge in [-0.15, -0.1) is 0 Å². The average Bonchev–Trinajstić information content (AvgIpc) is 2.57. The molecule has 7 heteroatoms. The number of hydrogen-bond acceptors (Lipinski definition) is 6. The molecule has 0 aromatic heterocycles. The Labute approximate surface area is 151 Å². The van der Waals surface area contributed by atoms with Crippen molar-refractivity contribution in [3.05, 3.63) is 35.9 Å².